The third-order valence-corrected chi connectivity index (χ3v) is 12.3. The van der Waals surface area contributed by atoms with Gasteiger partial charge in [0.1, 0.15) is 16.9 Å². The van der Waals surface area contributed by atoms with Crippen molar-refractivity contribution in [2.75, 3.05) is 9.80 Å². The monoisotopic (exact) mass is 803 g/mol. The molecule has 0 radical (unpaired) electrons. The van der Waals surface area contributed by atoms with Crippen molar-refractivity contribution < 1.29 is 8.83 Å². The molecule has 0 aliphatic heterocycles. The van der Waals surface area contributed by atoms with Gasteiger partial charge in [-0.1, -0.05) is 60.7 Å². The highest BCUT2D eigenvalue weighted by atomic mass is 32.1. The zero-order valence-corrected chi connectivity index (χ0v) is 33.3. The van der Waals surface area contributed by atoms with E-state index in [0.717, 1.165) is 73.0 Å². The van der Waals surface area contributed by atoms with Crippen molar-refractivity contribution in [3.05, 3.63) is 200 Å². The van der Waals surface area contributed by atoms with Gasteiger partial charge in [-0.25, -0.2) is 15.0 Å². The Balaban J connectivity index is 0.903. The summed E-state index contributed by atoms with van der Waals surface area (Å²) >= 11 is 1.82. The van der Waals surface area contributed by atoms with Crippen molar-refractivity contribution in [1.82, 2.24) is 15.0 Å². The van der Waals surface area contributed by atoms with Gasteiger partial charge in [0.05, 0.1) is 0 Å². The third-order valence-electron chi connectivity index (χ3n) is 11.1. The summed E-state index contributed by atoms with van der Waals surface area (Å²) in [6.07, 6.45) is 1.83. The smallest absolute Gasteiger partial charge is 0.227 e. The van der Waals surface area contributed by atoms with E-state index in [0.29, 0.717) is 11.8 Å². The molecule has 8 aromatic carbocycles. The van der Waals surface area contributed by atoms with Gasteiger partial charge >= 0.3 is 0 Å². The zero-order chi connectivity index (χ0) is 40.3. The lowest BCUT2D eigenvalue weighted by molar-refractivity contribution is 0.619. The first kappa shape index (κ1) is 34.9. The Morgan fingerprint density at radius 3 is 1.61 bits per heavy atom. The summed E-state index contributed by atoms with van der Waals surface area (Å²) in [4.78, 5) is 18.7. The van der Waals surface area contributed by atoms with Crippen LogP contribution in [0.25, 0.3) is 76.1 Å². The van der Waals surface area contributed by atoms with Crippen LogP contribution in [0.3, 0.4) is 0 Å². The number of fused-ring (bicyclic) bond motifs is 6. The fourth-order valence-electron chi connectivity index (χ4n) is 8.20. The number of hydrogen-bond acceptors (Lipinski definition) is 8. The number of anilines is 6. The van der Waals surface area contributed by atoms with Gasteiger partial charge in [-0.3, -0.25) is 4.90 Å². The lowest BCUT2D eigenvalue weighted by Crippen LogP contribution is -2.11. The Morgan fingerprint density at radius 1 is 0.393 bits per heavy atom. The van der Waals surface area contributed by atoms with Crippen LogP contribution < -0.4 is 9.80 Å². The topological polar surface area (TPSA) is 71.4 Å². The van der Waals surface area contributed by atoms with Crippen molar-refractivity contribution in [3.8, 4) is 22.9 Å². The number of oxazole rings is 2. The molecule has 12 aromatic rings. The van der Waals surface area contributed by atoms with Crippen LogP contribution >= 0.6 is 11.3 Å². The number of benzene rings is 8. The minimum atomic E-state index is 0.599. The van der Waals surface area contributed by atoms with E-state index >= 15 is 0 Å². The Hall–Kier alpha value is -8.07. The summed E-state index contributed by atoms with van der Waals surface area (Å²) in [5.74, 6) is 2.04. The second kappa shape index (κ2) is 14.3. The Morgan fingerprint density at radius 2 is 0.951 bits per heavy atom. The van der Waals surface area contributed by atoms with Crippen molar-refractivity contribution in [3.63, 3.8) is 0 Å². The van der Waals surface area contributed by atoms with Crippen LogP contribution in [-0.4, -0.2) is 15.0 Å². The highest BCUT2D eigenvalue weighted by Gasteiger charge is 2.19. The Kier molecular flexibility index (Phi) is 8.21. The molecule has 0 aliphatic rings. The number of rotatable bonds is 8. The normalized spacial score (nSPS) is 11.6. The highest BCUT2D eigenvalue weighted by Crippen LogP contribution is 2.43. The van der Waals surface area contributed by atoms with E-state index in [4.69, 9.17) is 23.8 Å². The van der Waals surface area contributed by atoms with Gasteiger partial charge in [0.15, 0.2) is 11.2 Å². The third kappa shape index (κ3) is 6.25. The van der Waals surface area contributed by atoms with Crippen LogP contribution in [0.1, 0.15) is 0 Å². The first-order valence-electron chi connectivity index (χ1n) is 20.1. The number of pyridine rings is 1. The average molecular weight is 804 g/mol. The molecule has 4 heterocycles. The summed E-state index contributed by atoms with van der Waals surface area (Å²) in [7, 11) is 0. The lowest BCUT2D eigenvalue weighted by atomic mass is 10.0. The molecule has 12 rings (SSSR count). The molecule has 0 saturated carbocycles. The quantitative estimate of drug-likeness (QED) is 0.151. The molecule has 0 bridgehead atoms. The lowest BCUT2D eigenvalue weighted by Gasteiger charge is -2.25. The summed E-state index contributed by atoms with van der Waals surface area (Å²) in [6, 6.07) is 67.0. The van der Waals surface area contributed by atoms with E-state index in [2.05, 4.69) is 137 Å². The zero-order valence-electron chi connectivity index (χ0n) is 32.5. The Bertz CT molecular complexity index is 3310. The molecule has 0 saturated heterocycles. The number of hydrogen-bond donors (Lipinski definition) is 0. The van der Waals surface area contributed by atoms with E-state index in [-0.39, 0.29) is 0 Å². The van der Waals surface area contributed by atoms with Gasteiger partial charge in [0.2, 0.25) is 11.8 Å². The summed E-state index contributed by atoms with van der Waals surface area (Å²) in [5.41, 5.74) is 10.3. The molecule has 0 aliphatic carbocycles. The van der Waals surface area contributed by atoms with E-state index < -0.39 is 0 Å². The van der Waals surface area contributed by atoms with Crippen LogP contribution in [0.15, 0.2) is 209 Å². The van der Waals surface area contributed by atoms with Crippen LogP contribution in [0.5, 0.6) is 0 Å². The maximum absolute atomic E-state index is 6.08. The molecular weight excluding hydrogens is 771 g/mol. The SMILES string of the molecule is c1ccc(N(c2ccc(-c3nc4ccccc4o3)cc2)c2ccc3c(c2)sc2cc4cc(N(c5ccc(-c6nc7ccccc7o6)cc5)c5ccccn5)ccc4cc23)cc1. The number of thiophene rings is 1. The largest absolute Gasteiger partial charge is 0.436 e. The molecular formula is C53H33N5O2S. The van der Waals surface area contributed by atoms with Gasteiger partial charge in [-0.05, 0) is 144 Å². The number of para-hydroxylation sites is 5. The van der Waals surface area contributed by atoms with E-state index in [1.54, 1.807) is 0 Å². The molecule has 61 heavy (non-hydrogen) atoms. The predicted molar refractivity (Wildman–Crippen MR) is 250 cm³/mol. The summed E-state index contributed by atoms with van der Waals surface area (Å²) in [5, 5.41) is 4.82. The highest BCUT2D eigenvalue weighted by molar-refractivity contribution is 7.26. The van der Waals surface area contributed by atoms with E-state index in [9.17, 15) is 0 Å². The molecule has 0 unspecified atom stereocenters. The molecule has 0 atom stereocenters. The van der Waals surface area contributed by atoms with Crippen molar-refractivity contribution in [2.45, 2.75) is 0 Å². The maximum atomic E-state index is 6.08. The van der Waals surface area contributed by atoms with E-state index in [1.165, 1.54) is 25.6 Å². The predicted octanol–water partition coefficient (Wildman–Crippen LogP) is 15.2. The summed E-state index contributed by atoms with van der Waals surface area (Å²) < 4.78 is 14.6. The maximum Gasteiger partial charge on any atom is 0.227 e. The molecule has 0 spiro atoms. The van der Waals surface area contributed by atoms with Crippen molar-refractivity contribution >= 4 is 98.7 Å². The Labute approximate surface area is 354 Å². The van der Waals surface area contributed by atoms with Gasteiger partial charge in [0.25, 0.3) is 0 Å². The van der Waals surface area contributed by atoms with E-state index in [1.807, 2.05) is 84.3 Å². The molecule has 0 fully saturated rings. The number of aromatic nitrogens is 3. The fraction of sp³-hybridized carbons (Fsp3) is 0. The second-order valence-corrected chi connectivity index (χ2v) is 16.0. The minimum absolute atomic E-state index is 0.599. The van der Waals surface area contributed by atoms with Crippen molar-refractivity contribution in [1.29, 1.82) is 0 Å². The molecule has 8 heteroatoms. The first-order valence-corrected chi connectivity index (χ1v) is 20.9. The molecule has 7 nitrogen and oxygen atoms in total. The molecule has 0 amide bonds. The molecule has 0 N–H and O–H groups in total. The summed E-state index contributed by atoms with van der Waals surface area (Å²) in [6.45, 7) is 0. The minimum Gasteiger partial charge on any atom is -0.436 e. The van der Waals surface area contributed by atoms with Gasteiger partial charge < -0.3 is 13.7 Å². The van der Waals surface area contributed by atoms with Crippen LogP contribution in [0.2, 0.25) is 0 Å². The molecule has 288 valence electrons. The van der Waals surface area contributed by atoms with Crippen molar-refractivity contribution in [2.24, 2.45) is 0 Å². The van der Waals surface area contributed by atoms with Gasteiger partial charge in [-0.15, -0.1) is 11.3 Å². The standard InChI is InChI=1S/C53H33N5O2S/c1-2-10-38(11-3-1)57(39-22-17-34(18-23-39)52-55-45-12-4-6-14-47(45)59-52)42-27-28-43-44-31-36-21-26-41(30-37(36)32-49(44)61-50(43)33-42)58(51-16-8-9-29-54-51)40-24-19-35(20-25-40)53-56-46-13-5-7-15-48(46)60-53/h1-33H. The van der Waals surface area contributed by atoms with Gasteiger partial charge in [0, 0.05) is 65.9 Å². The first-order chi connectivity index (χ1) is 30.2. The van der Waals surface area contributed by atoms with Crippen LogP contribution in [-0.2, 0) is 0 Å². The second-order valence-electron chi connectivity index (χ2n) is 14.9. The average Bonchev–Trinajstić information content (AvgIpc) is 4.05. The molecule has 4 aromatic heterocycles. The fourth-order valence-corrected chi connectivity index (χ4v) is 9.36. The number of nitrogens with zero attached hydrogens (tertiary/aromatic N) is 5. The van der Waals surface area contributed by atoms with Crippen LogP contribution in [0, 0.1) is 0 Å². The van der Waals surface area contributed by atoms with Crippen LogP contribution in [0.4, 0.5) is 34.3 Å². The van der Waals surface area contributed by atoms with Gasteiger partial charge in [-0.2, -0.15) is 0 Å².